The second-order valence-corrected chi connectivity index (χ2v) is 7.15. The quantitative estimate of drug-likeness (QED) is 0.423. The molecule has 0 aliphatic heterocycles. The Morgan fingerprint density at radius 3 is 2.32 bits per heavy atom. The van der Waals surface area contributed by atoms with Crippen molar-refractivity contribution in [3.8, 4) is 11.6 Å². The van der Waals surface area contributed by atoms with E-state index in [0.29, 0.717) is 10.8 Å². The van der Waals surface area contributed by atoms with E-state index in [4.69, 9.17) is 16.3 Å². The van der Waals surface area contributed by atoms with Gasteiger partial charge in [-0.1, -0.05) is 30.7 Å². The molecule has 0 aliphatic rings. The molecule has 2 heterocycles. The first-order chi connectivity index (χ1) is 14.8. The van der Waals surface area contributed by atoms with Gasteiger partial charge in [-0.05, 0) is 43.5 Å². The van der Waals surface area contributed by atoms with Gasteiger partial charge >= 0.3 is 6.18 Å². The van der Waals surface area contributed by atoms with Gasteiger partial charge in [-0.2, -0.15) is 13.2 Å². The van der Waals surface area contributed by atoms with Crippen molar-refractivity contribution < 1.29 is 17.9 Å². The number of likely N-dealkylation sites (N-methyl/N-ethyl adjacent to an activating group) is 1. The first kappa shape index (κ1) is 22.8. The van der Waals surface area contributed by atoms with Gasteiger partial charge in [-0.3, -0.25) is 0 Å². The number of aromatic nitrogens is 3. The first-order valence-corrected chi connectivity index (χ1v) is 10.2. The summed E-state index contributed by atoms with van der Waals surface area (Å²) in [6.07, 6.45) is -0.640. The number of aryl methyl sites for hydroxylation is 1. The van der Waals surface area contributed by atoms with Crippen molar-refractivity contribution >= 4 is 17.4 Å². The van der Waals surface area contributed by atoms with Crippen LogP contribution in [-0.4, -0.2) is 28.0 Å². The van der Waals surface area contributed by atoms with Gasteiger partial charge in [0, 0.05) is 25.4 Å². The number of rotatable bonds is 8. The van der Waals surface area contributed by atoms with E-state index in [1.165, 1.54) is 12.4 Å². The third-order valence-corrected chi connectivity index (χ3v) is 5.13. The lowest BCUT2D eigenvalue weighted by molar-refractivity contribution is -0.137. The van der Waals surface area contributed by atoms with Crippen molar-refractivity contribution in [3.63, 3.8) is 0 Å². The maximum Gasteiger partial charge on any atom is 0.417 e. The second kappa shape index (κ2) is 9.96. The van der Waals surface area contributed by atoms with Crippen LogP contribution in [0.15, 0.2) is 48.9 Å². The third-order valence-electron chi connectivity index (χ3n) is 4.74. The molecule has 2 aromatic heterocycles. The number of pyridine rings is 1. The van der Waals surface area contributed by atoms with Crippen molar-refractivity contribution in [3.05, 3.63) is 70.8 Å². The standard InChI is InChI=1S/C22H22ClF3N4O/c1-3-18-20(23)21(29-14-28-18)30(4-2)12-11-15-5-8-17(9-6-15)31-19-10-7-16(13-27-19)22(24,25)26/h5-10,13-14H,3-4,11-12H2,1-2H3. The predicted octanol–water partition coefficient (Wildman–Crippen LogP) is 5.97. The lowest BCUT2D eigenvalue weighted by Gasteiger charge is -2.23. The highest BCUT2D eigenvalue weighted by molar-refractivity contribution is 6.33. The van der Waals surface area contributed by atoms with E-state index in [9.17, 15) is 13.2 Å². The van der Waals surface area contributed by atoms with E-state index in [1.54, 1.807) is 12.1 Å². The molecule has 5 nitrogen and oxygen atoms in total. The minimum atomic E-state index is -4.42. The molecular formula is C22H22ClF3N4O. The van der Waals surface area contributed by atoms with Crippen LogP contribution >= 0.6 is 11.6 Å². The van der Waals surface area contributed by atoms with Crippen LogP contribution in [0.1, 0.15) is 30.7 Å². The maximum absolute atomic E-state index is 12.6. The third kappa shape index (κ3) is 5.85. The van der Waals surface area contributed by atoms with Gasteiger partial charge in [0.25, 0.3) is 0 Å². The highest BCUT2D eigenvalue weighted by atomic mass is 35.5. The number of benzene rings is 1. The summed E-state index contributed by atoms with van der Waals surface area (Å²) in [7, 11) is 0. The molecule has 0 atom stereocenters. The zero-order valence-corrected chi connectivity index (χ0v) is 17.9. The summed E-state index contributed by atoms with van der Waals surface area (Å²) in [5.74, 6) is 1.32. The van der Waals surface area contributed by atoms with Crippen molar-refractivity contribution in [2.45, 2.75) is 32.9 Å². The molecule has 9 heteroatoms. The average molecular weight is 451 g/mol. The predicted molar refractivity (Wildman–Crippen MR) is 114 cm³/mol. The molecule has 0 spiro atoms. The number of hydrogen-bond acceptors (Lipinski definition) is 5. The summed E-state index contributed by atoms with van der Waals surface area (Å²) >= 11 is 6.45. The van der Waals surface area contributed by atoms with Crippen LogP contribution in [0.2, 0.25) is 5.02 Å². The molecule has 0 N–H and O–H groups in total. The van der Waals surface area contributed by atoms with E-state index in [0.717, 1.165) is 55.3 Å². The van der Waals surface area contributed by atoms with Crippen LogP contribution in [0.4, 0.5) is 19.0 Å². The molecule has 3 aromatic rings. The summed E-state index contributed by atoms with van der Waals surface area (Å²) in [5.41, 5.74) is 1.08. The topological polar surface area (TPSA) is 51.1 Å². The summed E-state index contributed by atoms with van der Waals surface area (Å²) in [6, 6.07) is 9.48. The molecule has 164 valence electrons. The zero-order chi connectivity index (χ0) is 22.4. The average Bonchev–Trinajstić information content (AvgIpc) is 2.76. The van der Waals surface area contributed by atoms with Crippen LogP contribution in [0, 0.1) is 0 Å². The normalized spacial score (nSPS) is 11.4. The molecule has 3 rings (SSSR count). The van der Waals surface area contributed by atoms with E-state index >= 15 is 0 Å². The number of anilines is 1. The van der Waals surface area contributed by atoms with E-state index in [2.05, 4.69) is 19.9 Å². The smallest absolute Gasteiger partial charge is 0.417 e. The molecular weight excluding hydrogens is 429 g/mol. The Hall–Kier alpha value is -2.87. The first-order valence-electron chi connectivity index (χ1n) is 9.86. The molecule has 0 aliphatic carbocycles. The molecule has 0 fully saturated rings. The van der Waals surface area contributed by atoms with Crippen molar-refractivity contribution in [1.82, 2.24) is 15.0 Å². The number of halogens is 4. The van der Waals surface area contributed by atoms with Crippen molar-refractivity contribution in [1.29, 1.82) is 0 Å². The SMILES string of the molecule is CCc1ncnc(N(CC)CCc2ccc(Oc3ccc(C(F)(F)F)cn3)cc2)c1Cl. The Kier molecular flexibility index (Phi) is 7.33. The van der Waals surface area contributed by atoms with Crippen LogP contribution in [0.3, 0.4) is 0 Å². The molecule has 0 amide bonds. The Labute approximate surface area is 183 Å². The van der Waals surface area contributed by atoms with Gasteiger partial charge in [0.05, 0.1) is 11.3 Å². The molecule has 0 bridgehead atoms. The summed E-state index contributed by atoms with van der Waals surface area (Å²) < 4.78 is 43.4. The molecule has 1 aromatic carbocycles. The van der Waals surface area contributed by atoms with E-state index in [1.807, 2.05) is 26.0 Å². The van der Waals surface area contributed by atoms with Crippen molar-refractivity contribution in [2.75, 3.05) is 18.0 Å². The zero-order valence-electron chi connectivity index (χ0n) is 17.2. The number of alkyl halides is 3. The lowest BCUT2D eigenvalue weighted by atomic mass is 10.1. The van der Waals surface area contributed by atoms with Gasteiger partial charge in [0.15, 0.2) is 5.82 Å². The fraction of sp³-hybridized carbons (Fsp3) is 0.318. The minimum absolute atomic E-state index is 0.100. The Bertz CT molecular complexity index is 995. The van der Waals surface area contributed by atoms with Crippen LogP contribution in [0.5, 0.6) is 11.6 Å². The van der Waals surface area contributed by atoms with E-state index in [-0.39, 0.29) is 5.88 Å². The highest BCUT2D eigenvalue weighted by Crippen LogP contribution is 2.30. The largest absolute Gasteiger partial charge is 0.439 e. The number of nitrogens with zero attached hydrogens (tertiary/aromatic N) is 4. The van der Waals surface area contributed by atoms with Crippen LogP contribution in [0.25, 0.3) is 0 Å². The monoisotopic (exact) mass is 450 g/mol. The molecule has 31 heavy (non-hydrogen) atoms. The highest BCUT2D eigenvalue weighted by Gasteiger charge is 2.30. The van der Waals surface area contributed by atoms with Gasteiger partial charge in [-0.25, -0.2) is 15.0 Å². The fourth-order valence-electron chi connectivity index (χ4n) is 2.99. The molecule has 0 saturated heterocycles. The number of ether oxygens (including phenoxy) is 1. The summed E-state index contributed by atoms with van der Waals surface area (Å²) in [6.45, 7) is 5.51. The maximum atomic E-state index is 12.6. The fourth-order valence-corrected chi connectivity index (χ4v) is 3.34. The van der Waals surface area contributed by atoms with Gasteiger partial charge in [0.2, 0.25) is 5.88 Å². The van der Waals surface area contributed by atoms with Gasteiger partial charge in [-0.15, -0.1) is 0 Å². The second-order valence-electron chi connectivity index (χ2n) is 6.77. The summed E-state index contributed by atoms with van der Waals surface area (Å²) in [5, 5.41) is 0.583. The molecule has 0 saturated carbocycles. The lowest BCUT2D eigenvalue weighted by Crippen LogP contribution is -2.27. The van der Waals surface area contributed by atoms with Gasteiger partial charge in [0.1, 0.15) is 17.1 Å². The molecule has 0 unspecified atom stereocenters. The van der Waals surface area contributed by atoms with Crippen molar-refractivity contribution in [2.24, 2.45) is 0 Å². The molecule has 0 radical (unpaired) electrons. The Balaban J connectivity index is 1.61. The van der Waals surface area contributed by atoms with Crippen LogP contribution in [-0.2, 0) is 19.0 Å². The van der Waals surface area contributed by atoms with Crippen LogP contribution < -0.4 is 9.64 Å². The van der Waals surface area contributed by atoms with Gasteiger partial charge < -0.3 is 9.64 Å². The van der Waals surface area contributed by atoms with E-state index < -0.39 is 11.7 Å². The minimum Gasteiger partial charge on any atom is -0.439 e. The summed E-state index contributed by atoms with van der Waals surface area (Å²) in [4.78, 5) is 14.4. The Morgan fingerprint density at radius 1 is 1.00 bits per heavy atom. The Morgan fingerprint density at radius 2 is 1.74 bits per heavy atom. The number of hydrogen-bond donors (Lipinski definition) is 0.